The van der Waals surface area contributed by atoms with Gasteiger partial charge in [0.2, 0.25) is 27.2 Å². The average molecular weight is 750 g/mol. The Labute approximate surface area is 316 Å². The van der Waals surface area contributed by atoms with E-state index in [-0.39, 0.29) is 51.1 Å². The van der Waals surface area contributed by atoms with E-state index in [9.17, 15) is 9.90 Å². The van der Waals surface area contributed by atoms with Gasteiger partial charge in [-0.3, -0.25) is 9.80 Å². The van der Waals surface area contributed by atoms with Crippen molar-refractivity contribution in [3.63, 3.8) is 0 Å². The highest BCUT2D eigenvalue weighted by atomic mass is 16.7. The van der Waals surface area contributed by atoms with Gasteiger partial charge in [0.25, 0.3) is 0 Å². The molecule has 0 radical (unpaired) electrons. The largest absolute Gasteiger partial charge is 0.454 e. The van der Waals surface area contributed by atoms with E-state index in [4.69, 9.17) is 48.4 Å². The first kappa shape index (κ1) is 32.8. The van der Waals surface area contributed by atoms with Crippen LogP contribution in [0.2, 0.25) is 0 Å². The second kappa shape index (κ2) is 12.2. The number of nitrogens with zero attached hydrogens (tertiary/aromatic N) is 2. The number of aliphatic hydroxyl groups excluding tert-OH is 1. The van der Waals surface area contributed by atoms with Crippen LogP contribution in [0.3, 0.4) is 0 Å². The van der Waals surface area contributed by atoms with E-state index < -0.39 is 18.3 Å². The summed E-state index contributed by atoms with van der Waals surface area (Å²) >= 11 is 0. The van der Waals surface area contributed by atoms with Crippen molar-refractivity contribution in [3.05, 3.63) is 93.0 Å². The molecule has 8 aliphatic rings. The van der Waals surface area contributed by atoms with E-state index in [1.165, 1.54) is 5.56 Å². The SMILES string of the molecule is CN1Cc2c(ccc3c2OCO3)[C@@H]2[C@H]1c1cc3c(cc1C[C@@H]2O)OCO3.CN1Cc2c(ccc3c2OCO3)[C@H]2C(OC(N)=O)Cc3cc4c(cc3[C@H]21)OCO4. The molecule has 14 heteroatoms. The van der Waals surface area contributed by atoms with Crippen molar-refractivity contribution in [2.45, 2.75) is 62.1 Å². The van der Waals surface area contributed by atoms with Crippen molar-refractivity contribution in [3.8, 4) is 46.0 Å². The second-order valence-electron chi connectivity index (χ2n) is 15.3. The molecule has 6 heterocycles. The van der Waals surface area contributed by atoms with E-state index >= 15 is 0 Å². The fourth-order valence-electron chi connectivity index (χ4n) is 10.2. The lowest BCUT2D eigenvalue weighted by molar-refractivity contribution is 0.0400. The van der Waals surface area contributed by atoms with E-state index in [1.807, 2.05) is 24.3 Å². The number of primary amides is 1. The topological polar surface area (TPSA) is 153 Å². The molecule has 4 aromatic rings. The number of aliphatic hydroxyl groups is 1. The van der Waals surface area contributed by atoms with Gasteiger partial charge in [-0.2, -0.15) is 0 Å². The Morgan fingerprint density at radius 1 is 0.618 bits per heavy atom. The Morgan fingerprint density at radius 3 is 1.62 bits per heavy atom. The summed E-state index contributed by atoms with van der Waals surface area (Å²) in [6, 6.07) is 16.3. The lowest BCUT2D eigenvalue weighted by atomic mass is 9.70. The molecule has 2 aliphatic carbocycles. The van der Waals surface area contributed by atoms with Gasteiger partial charge in [0.15, 0.2) is 46.0 Å². The number of hydrogen-bond acceptors (Lipinski definition) is 13. The van der Waals surface area contributed by atoms with Crippen molar-refractivity contribution < 1.29 is 52.5 Å². The molecular formula is C41H39N3O11. The molecule has 0 spiro atoms. The maximum Gasteiger partial charge on any atom is 0.404 e. The van der Waals surface area contributed by atoms with Gasteiger partial charge in [-0.1, -0.05) is 12.1 Å². The molecule has 12 rings (SSSR count). The average Bonchev–Trinajstić information content (AvgIpc) is 4.00. The van der Waals surface area contributed by atoms with Gasteiger partial charge in [-0.05, 0) is 90.3 Å². The van der Waals surface area contributed by atoms with Crippen LogP contribution >= 0.6 is 0 Å². The number of likely N-dealkylation sites (N-methyl/N-ethyl adjacent to an activating group) is 2. The molecule has 55 heavy (non-hydrogen) atoms. The molecule has 0 bridgehead atoms. The quantitative estimate of drug-likeness (QED) is 0.275. The maximum absolute atomic E-state index is 11.7. The summed E-state index contributed by atoms with van der Waals surface area (Å²) < 4.78 is 50.5. The first-order chi connectivity index (χ1) is 26.8. The normalized spacial score (nSPS) is 26.7. The number of nitrogens with two attached hydrogens (primary N) is 1. The van der Waals surface area contributed by atoms with Gasteiger partial charge in [0.05, 0.1) is 6.10 Å². The van der Waals surface area contributed by atoms with Crippen LogP contribution < -0.4 is 43.6 Å². The Balaban J connectivity index is 0.000000129. The van der Waals surface area contributed by atoms with Crippen LogP contribution in [0.4, 0.5) is 4.79 Å². The molecule has 0 aromatic heterocycles. The Bertz CT molecular complexity index is 2280. The monoisotopic (exact) mass is 749 g/mol. The van der Waals surface area contributed by atoms with Crippen LogP contribution in [0, 0.1) is 0 Å². The summed E-state index contributed by atoms with van der Waals surface area (Å²) in [5.41, 5.74) is 14.5. The minimum absolute atomic E-state index is 0.00507. The fourth-order valence-corrected chi connectivity index (χ4v) is 10.2. The Morgan fingerprint density at radius 2 is 1.07 bits per heavy atom. The third-order valence-corrected chi connectivity index (χ3v) is 12.4. The summed E-state index contributed by atoms with van der Waals surface area (Å²) in [4.78, 5) is 16.3. The molecule has 284 valence electrons. The summed E-state index contributed by atoms with van der Waals surface area (Å²) in [6.07, 6.45) is -0.470. The summed E-state index contributed by atoms with van der Waals surface area (Å²) in [6.45, 7) is 2.41. The number of carbonyl (C=O) groups is 1. The third kappa shape index (κ3) is 5.00. The number of ether oxygens (including phenoxy) is 9. The molecule has 3 N–H and O–H groups in total. The molecule has 14 nitrogen and oxygen atoms in total. The van der Waals surface area contributed by atoms with Crippen molar-refractivity contribution in [2.75, 3.05) is 41.3 Å². The molecule has 0 saturated carbocycles. The van der Waals surface area contributed by atoms with E-state index in [1.54, 1.807) is 0 Å². The predicted octanol–water partition coefficient (Wildman–Crippen LogP) is 4.77. The Kier molecular flexibility index (Phi) is 7.29. The molecule has 1 amide bonds. The minimum Gasteiger partial charge on any atom is -0.454 e. The van der Waals surface area contributed by atoms with E-state index in [0.717, 1.165) is 91.5 Å². The number of amides is 1. The van der Waals surface area contributed by atoms with Gasteiger partial charge in [-0.25, -0.2) is 4.79 Å². The highest BCUT2D eigenvalue weighted by Crippen LogP contribution is 2.56. The van der Waals surface area contributed by atoms with Crippen molar-refractivity contribution in [1.29, 1.82) is 0 Å². The Hall–Kier alpha value is -5.57. The minimum atomic E-state index is -0.770. The van der Waals surface area contributed by atoms with Gasteiger partial charge in [-0.15, -0.1) is 0 Å². The van der Waals surface area contributed by atoms with E-state index in [2.05, 4.69) is 48.2 Å². The third-order valence-electron chi connectivity index (χ3n) is 12.4. The van der Waals surface area contributed by atoms with Crippen LogP contribution in [0.5, 0.6) is 46.0 Å². The molecule has 4 aromatic carbocycles. The van der Waals surface area contributed by atoms with Crippen LogP contribution in [-0.4, -0.2) is 74.5 Å². The van der Waals surface area contributed by atoms with Crippen LogP contribution in [-0.2, 0) is 30.7 Å². The van der Waals surface area contributed by atoms with Crippen LogP contribution in [0.15, 0.2) is 48.5 Å². The number of hydrogen-bond donors (Lipinski definition) is 2. The zero-order valence-corrected chi connectivity index (χ0v) is 30.2. The van der Waals surface area contributed by atoms with Gasteiger partial charge in [0.1, 0.15) is 6.10 Å². The highest BCUT2D eigenvalue weighted by Gasteiger charge is 2.48. The number of benzene rings is 4. The van der Waals surface area contributed by atoms with Gasteiger partial charge in [0, 0.05) is 54.6 Å². The smallest absolute Gasteiger partial charge is 0.404 e. The molecule has 0 fully saturated rings. The second-order valence-corrected chi connectivity index (χ2v) is 15.3. The maximum atomic E-state index is 11.7. The fraction of sp³-hybridized carbons (Fsp3) is 0.390. The van der Waals surface area contributed by atoms with Gasteiger partial charge >= 0.3 is 6.09 Å². The summed E-state index contributed by atoms with van der Waals surface area (Å²) in [7, 11) is 4.17. The standard InChI is InChI=1S/C21H20N2O6.C20H19NO5/c1-23-7-13-11(2-3-14-20(13)28-9-25-14)18-17(29-21(22)24)5-10-4-15-16(27-8-26-15)6-12(10)19(18)23;1-21-7-13-11(2-3-15-20(13)26-9-23-15)18-14(22)4-10-5-16-17(25-8-24-16)6-12(10)19(18)21/h2-4,6,17-19H,5,7-9H2,1H3,(H2,22,24);2-3,5-6,14,18-19,22H,4,7-9H2,1H3/t17?,18-,19+;14-,18-,19+/m00/s1. The molecule has 6 atom stereocenters. The lowest BCUT2D eigenvalue weighted by Gasteiger charge is -2.47. The number of carbonyl (C=O) groups excluding carboxylic acids is 1. The molecule has 6 aliphatic heterocycles. The van der Waals surface area contributed by atoms with Crippen molar-refractivity contribution >= 4 is 6.09 Å². The van der Waals surface area contributed by atoms with Crippen LogP contribution in [0.25, 0.3) is 0 Å². The number of rotatable bonds is 1. The van der Waals surface area contributed by atoms with E-state index in [0.29, 0.717) is 19.4 Å². The first-order valence-electron chi connectivity index (χ1n) is 18.5. The summed E-state index contributed by atoms with van der Waals surface area (Å²) in [5.74, 6) is 6.11. The molecule has 0 saturated heterocycles. The predicted molar refractivity (Wildman–Crippen MR) is 192 cm³/mol. The molecular weight excluding hydrogens is 710 g/mol. The first-order valence-corrected chi connectivity index (χ1v) is 18.5. The zero-order valence-electron chi connectivity index (χ0n) is 30.2. The van der Waals surface area contributed by atoms with Crippen molar-refractivity contribution in [2.24, 2.45) is 5.73 Å². The zero-order chi connectivity index (χ0) is 37.1. The molecule has 1 unspecified atom stereocenters. The van der Waals surface area contributed by atoms with Crippen molar-refractivity contribution in [1.82, 2.24) is 9.80 Å². The van der Waals surface area contributed by atoms with Gasteiger partial charge < -0.3 is 53.5 Å². The lowest BCUT2D eigenvalue weighted by Crippen LogP contribution is -2.45. The summed E-state index contributed by atoms with van der Waals surface area (Å²) in [5, 5.41) is 11.0. The number of fused-ring (bicyclic) bond motifs is 16. The van der Waals surface area contributed by atoms with Crippen LogP contribution in [0.1, 0.15) is 68.4 Å². The highest BCUT2D eigenvalue weighted by molar-refractivity contribution is 5.66.